The first-order valence-electron chi connectivity index (χ1n) is 4.58. The number of amides is 3. The molecule has 0 saturated carbocycles. The van der Waals surface area contributed by atoms with Crippen molar-refractivity contribution in [3.63, 3.8) is 0 Å². The molecule has 1 saturated heterocycles. The zero-order valence-electron chi connectivity index (χ0n) is 8.47. The van der Waals surface area contributed by atoms with E-state index >= 15 is 0 Å². The van der Waals surface area contributed by atoms with E-state index in [1.54, 1.807) is 0 Å². The molecule has 92 valence electrons. The van der Waals surface area contributed by atoms with E-state index in [1.807, 2.05) is 0 Å². The number of carboxylic acid groups (broad SMARTS) is 1. The Kier molecular flexibility index (Phi) is 5.76. The molecule has 1 aliphatic heterocycles. The van der Waals surface area contributed by atoms with Crippen LogP contribution in [0.5, 0.6) is 0 Å². The third kappa shape index (κ3) is 3.35. The summed E-state index contributed by atoms with van der Waals surface area (Å²) in [7, 11) is 0. The summed E-state index contributed by atoms with van der Waals surface area (Å²) in [4.78, 5) is 33.5. The summed E-state index contributed by atoms with van der Waals surface area (Å²) in [6, 6.07) is -1.34. The van der Waals surface area contributed by atoms with Crippen molar-refractivity contribution in [3.8, 4) is 0 Å². The van der Waals surface area contributed by atoms with Gasteiger partial charge in [-0.05, 0) is 19.4 Å². The number of imide groups is 1. The van der Waals surface area contributed by atoms with Gasteiger partial charge in [0.15, 0.2) is 0 Å². The van der Waals surface area contributed by atoms with Gasteiger partial charge in [0.1, 0.15) is 6.04 Å². The number of carbonyl (C=O) groups excluding carboxylic acids is 3. The van der Waals surface area contributed by atoms with Gasteiger partial charge in [0.2, 0.25) is 0 Å². The molecule has 1 heterocycles. The number of urea groups is 1. The van der Waals surface area contributed by atoms with Crippen LogP contribution in [0.3, 0.4) is 0 Å². The molecule has 1 unspecified atom stereocenters. The predicted octanol–water partition coefficient (Wildman–Crippen LogP) is -2.18. The van der Waals surface area contributed by atoms with Gasteiger partial charge < -0.3 is 21.0 Å². The van der Waals surface area contributed by atoms with Crippen molar-refractivity contribution >= 4 is 30.3 Å². The van der Waals surface area contributed by atoms with E-state index in [2.05, 4.69) is 5.32 Å². The highest BCUT2D eigenvalue weighted by Gasteiger charge is 2.37. The molecule has 0 spiro atoms. The molecule has 0 radical (unpaired) electrons. The highest BCUT2D eigenvalue weighted by Crippen LogP contribution is 2.09. The third-order valence-electron chi connectivity index (χ3n) is 2.09. The minimum absolute atomic E-state index is 0. The summed E-state index contributed by atoms with van der Waals surface area (Å²) >= 11 is 0. The van der Waals surface area contributed by atoms with E-state index < -0.39 is 30.5 Å². The van der Waals surface area contributed by atoms with Crippen LogP contribution in [0.4, 0.5) is 4.79 Å². The highest BCUT2D eigenvalue weighted by molar-refractivity contribution is 6.05. The maximum Gasteiger partial charge on any atom is 0.325 e. The molecule has 0 aromatic heterocycles. The van der Waals surface area contributed by atoms with Gasteiger partial charge in [-0.15, -0.1) is 12.4 Å². The molecule has 7 nitrogen and oxygen atoms in total. The van der Waals surface area contributed by atoms with E-state index in [0.717, 1.165) is 0 Å². The van der Waals surface area contributed by atoms with Crippen LogP contribution in [0.2, 0.25) is 0 Å². The van der Waals surface area contributed by atoms with Gasteiger partial charge in [0.05, 0.1) is 12.5 Å². The summed E-state index contributed by atoms with van der Waals surface area (Å²) in [5, 5.41) is 12.6. The van der Waals surface area contributed by atoms with Crippen molar-refractivity contribution in [2.24, 2.45) is 5.73 Å². The van der Waals surface area contributed by atoms with E-state index in [9.17, 15) is 19.5 Å². The number of nitrogens with two attached hydrogens (primary N) is 1. The molecule has 1 rings (SSSR count). The summed E-state index contributed by atoms with van der Waals surface area (Å²) < 4.78 is 0. The normalized spacial score (nSPS) is 19.3. The lowest BCUT2D eigenvalue weighted by molar-refractivity contribution is -0.305. The van der Waals surface area contributed by atoms with Crippen LogP contribution in [0.25, 0.3) is 0 Å². The molecular formula is C8H13ClN3O4-. The largest absolute Gasteiger partial charge is 0.548 e. The average Bonchev–Trinajstić information content (AvgIpc) is 2.42. The average molecular weight is 251 g/mol. The van der Waals surface area contributed by atoms with Crippen molar-refractivity contribution in [1.82, 2.24) is 10.2 Å². The molecule has 16 heavy (non-hydrogen) atoms. The Bertz CT molecular complexity index is 297. The number of rotatable bonds is 5. The fraction of sp³-hybridized carbons (Fsp3) is 0.625. The molecule has 3 amide bonds. The molecule has 0 bridgehead atoms. The fourth-order valence-electron chi connectivity index (χ4n) is 1.37. The number of hydrogen-bond acceptors (Lipinski definition) is 5. The second-order valence-corrected chi connectivity index (χ2v) is 3.23. The SMILES string of the molecule is Cl.NCCCC1NC(=O)N(CC(=O)[O-])C1=O. The van der Waals surface area contributed by atoms with Crippen LogP contribution in [-0.2, 0) is 9.59 Å². The lowest BCUT2D eigenvalue weighted by Crippen LogP contribution is -2.41. The van der Waals surface area contributed by atoms with Crippen LogP contribution in [0.15, 0.2) is 0 Å². The lowest BCUT2D eigenvalue weighted by atomic mass is 10.1. The first-order chi connectivity index (χ1) is 7.06. The van der Waals surface area contributed by atoms with Crippen LogP contribution in [0.1, 0.15) is 12.8 Å². The van der Waals surface area contributed by atoms with Gasteiger partial charge >= 0.3 is 6.03 Å². The first-order valence-corrected chi connectivity index (χ1v) is 4.58. The van der Waals surface area contributed by atoms with E-state index in [0.29, 0.717) is 24.3 Å². The molecule has 3 N–H and O–H groups in total. The van der Waals surface area contributed by atoms with Gasteiger partial charge in [0, 0.05) is 0 Å². The molecule has 1 atom stereocenters. The number of halogens is 1. The van der Waals surface area contributed by atoms with E-state index in [4.69, 9.17) is 5.73 Å². The van der Waals surface area contributed by atoms with Gasteiger partial charge in [-0.3, -0.25) is 9.69 Å². The molecule has 0 aromatic carbocycles. The van der Waals surface area contributed by atoms with Crippen LogP contribution in [-0.4, -0.2) is 41.9 Å². The Morgan fingerprint density at radius 3 is 2.62 bits per heavy atom. The number of carbonyl (C=O) groups is 3. The molecule has 8 heteroatoms. The van der Waals surface area contributed by atoms with Gasteiger partial charge in [-0.25, -0.2) is 4.79 Å². The second kappa shape index (κ2) is 6.29. The minimum Gasteiger partial charge on any atom is -0.548 e. The quantitative estimate of drug-likeness (QED) is 0.538. The van der Waals surface area contributed by atoms with Gasteiger partial charge in [-0.2, -0.15) is 0 Å². The maximum atomic E-state index is 11.5. The van der Waals surface area contributed by atoms with Crippen molar-refractivity contribution < 1.29 is 19.5 Å². The Hall–Kier alpha value is -1.34. The summed E-state index contributed by atoms with van der Waals surface area (Å²) in [5.74, 6) is -1.99. The predicted molar refractivity (Wildman–Crippen MR) is 54.6 cm³/mol. The maximum absolute atomic E-state index is 11.5. The standard InChI is InChI=1S/C8H13N3O4.ClH/c9-3-1-2-5-7(14)11(4-6(12)13)8(15)10-5;/h5H,1-4,9H2,(H,10,15)(H,12,13);1H/p-1. The molecule has 1 aliphatic rings. The minimum atomic E-state index is -1.46. The van der Waals surface area contributed by atoms with Crippen LogP contribution < -0.4 is 16.2 Å². The van der Waals surface area contributed by atoms with Crippen molar-refractivity contribution in [2.75, 3.05) is 13.1 Å². The molecule has 1 fully saturated rings. The van der Waals surface area contributed by atoms with Gasteiger partial charge in [0.25, 0.3) is 5.91 Å². The Morgan fingerprint density at radius 2 is 2.12 bits per heavy atom. The molecular weight excluding hydrogens is 238 g/mol. The number of nitrogens with one attached hydrogen (secondary N) is 1. The van der Waals surface area contributed by atoms with Crippen LogP contribution in [0, 0.1) is 0 Å². The van der Waals surface area contributed by atoms with E-state index in [1.165, 1.54) is 0 Å². The van der Waals surface area contributed by atoms with Crippen molar-refractivity contribution in [1.29, 1.82) is 0 Å². The Morgan fingerprint density at radius 1 is 1.50 bits per heavy atom. The summed E-state index contributed by atoms with van der Waals surface area (Å²) in [6.07, 6.45) is 1.01. The second-order valence-electron chi connectivity index (χ2n) is 3.23. The summed E-state index contributed by atoms with van der Waals surface area (Å²) in [5.41, 5.74) is 5.26. The van der Waals surface area contributed by atoms with Crippen molar-refractivity contribution in [3.05, 3.63) is 0 Å². The lowest BCUT2D eigenvalue weighted by Gasteiger charge is -2.12. The fourth-order valence-corrected chi connectivity index (χ4v) is 1.37. The number of hydrogen-bond donors (Lipinski definition) is 2. The highest BCUT2D eigenvalue weighted by atomic mass is 35.5. The third-order valence-corrected chi connectivity index (χ3v) is 2.09. The van der Waals surface area contributed by atoms with Crippen molar-refractivity contribution in [2.45, 2.75) is 18.9 Å². The zero-order chi connectivity index (χ0) is 11.4. The molecule has 0 aliphatic carbocycles. The Labute approximate surface area is 98.4 Å². The Balaban J connectivity index is 0.00000225. The first kappa shape index (κ1) is 14.7. The molecule has 0 aromatic rings. The van der Waals surface area contributed by atoms with E-state index in [-0.39, 0.29) is 12.4 Å². The smallest absolute Gasteiger partial charge is 0.325 e. The van der Waals surface area contributed by atoms with Gasteiger partial charge in [-0.1, -0.05) is 0 Å². The number of nitrogens with zero attached hydrogens (tertiary/aromatic N) is 1. The topological polar surface area (TPSA) is 116 Å². The summed E-state index contributed by atoms with van der Waals surface area (Å²) in [6.45, 7) is -0.288. The zero-order valence-corrected chi connectivity index (χ0v) is 9.29. The monoisotopic (exact) mass is 250 g/mol. The number of carboxylic acids is 1. The van der Waals surface area contributed by atoms with Crippen LogP contribution >= 0.6 is 12.4 Å². The number of aliphatic carboxylic acids is 1.